The molecule has 4 N–H and O–H groups in total. The van der Waals surface area contributed by atoms with Crippen molar-refractivity contribution >= 4 is 23.3 Å². The zero-order valence-electron chi connectivity index (χ0n) is 24.3. The number of benzene rings is 1. The summed E-state index contributed by atoms with van der Waals surface area (Å²) in [5, 5.41) is 9.32. The first kappa shape index (κ1) is 29.0. The highest BCUT2D eigenvalue weighted by atomic mass is 16.2. The van der Waals surface area contributed by atoms with Crippen LogP contribution in [0.5, 0.6) is 0 Å². The zero-order valence-corrected chi connectivity index (χ0v) is 24.3. The first-order valence-electron chi connectivity index (χ1n) is 13.8. The van der Waals surface area contributed by atoms with Crippen LogP contribution in [0, 0.1) is 26.2 Å². The third-order valence-corrected chi connectivity index (χ3v) is 7.79. The van der Waals surface area contributed by atoms with E-state index in [1.807, 2.05) is 72.1 Å². The fourth-order valence-corrected chi connectivity index (χ4v) is 4.84. The van der Waals surface area contributed by atoms with Gasteiger partial charge in [-0.1, -0.05) is 6.92 Å². The Morgan fingerprint density at radius 2 is 1.82 bits per heavy atom. The predicted molar refractivity (Wildman–Crippen MR) is 160 cm³/mol. The Morgan fingerprint density at radius 1 is 1.07 bits per heavy atom. The number of nitrogens with zero attached hydrogens (tertiary/aromatic N) is 2. The van der Waals surface area contributed by atoms with Gasteiger partial charge in [0.25, 0.3) is 11.5 Å². The van der Waals surface area contributed by atoms with Crippen molar-refractivity contribution < 1.29 is 9.59 Å². The number of hydrogen-bond donors (Lipinski definition) is 4. The minimum absolute atomic E-state index is 0.0120. The maximum absolute atomic E-state index is 13.5. The molecule has 212 valence electrons. The maximum Gasteiger partial charge on any atom is 0.253 e. The number of nitrogens with one attached hydrogen (secondary N) is 4. The van der Waals surface area contributed by atoms with Crippen molar-refractivity contribution in [1.82, 2.24) is 20.2 Å². The van der Waals surface area contributed by atoms with Crippen molar-refractivity contribution in [2.24, 2.45) is 5.41 Å². The summed E-state index contributed by atoms with van der Waals surface area (Å²) >= 11 is 0. The summed E-state index contributed by atoms with van der Waals surface area (Å²) in [5.41, 5.74) is 4.87. The molecular weight excluding hydrogens is 504 g/mol. The van der Waals surface area contributed by atoms with E-state index >= 15 is 0 Å². The maximum atomic E-state index is 13.5. The van der Waals surface area contributed by atoms with Gasteiger partial charge in [0.15, 0.2) is 0 Å². The van der Waals surface area contributed by atoms with Crippen molar-refractivity contribution in [3.8, 4) is 11.1 Å². The summed E-state index contributed by atoms with van der Waals surface area (Å²) in [6.07, 6.45) is 4.29. The molecule has 0 saturated heterocycles. The number of pyridine rings is 2. The summed E-state index contributed by atoms with van der Waals surface area (Å²) in [7, 11) is 4.04. The van der Waals surface area contributed by atoms with Crippen molar-refractivity contribution in [2.45, 2.75) is 53.5 Å². The van der Waals surface area contributed by atoms with Gasteiger partial charge in [-0.2, -0.15) is 0 Å². The van der Waals surface area contributed by atoms with E-state index in [0.717, 1.165) is 60.6 Å². The molecular formula is C31H40N6O3. The van der Waals surface area contributed by atoms with E-state index in [0.29, 0.717) is 22.4 Å². The van der Waals surface area contributed by atoms with E-state index in [2.05, 4.69) is 30.8 Å². The molecule has 0 unspecified atom stereocenters. The lowest BCUT2D eigenvalue weighted by Crippen LogP contribution is -2.29. The molecule has 1 saturated carbocycles. The number of amides is 2. The van der Waals surface area contributed by atoms with E-state index in [-0.39, 0.29) is 29.3 Å². The largest absolute Gasteiger partial charge is 0.369 e. The fraction of sp³-hybridized carbons (Fsp3) is 0.419. The van der Waals surface area contributed by atoms with E-state index < -0.39 is 0 Å². The number of hydrogen-bond acceptors (Lipinski definition) is 6. The highest BCUT2D eigenvalue weighted by Crippen LogP contribution is 2.49. The lowest BCUT2D eigenvalue weighted by molar-refractivity contribution is -0.121. The van der Waals surface area contributed by atoms with Gasteiger partial charge in [0, 0.05) is 59.3 Å². The zero-order chi connectivity index (χ0) is 29.0. The Kier molecular flexibility index (Phi) is 8.73. The van der Waals surface area contributed by atoms with Gasteiger partial charge < -0.3 is 25.8 Å². The van der Waals surface area contributed by atoms with Gasteiger partial charge in [-0.25, -0.2) is 4.98 Å². The number of H-pyrrole nitrogens is 1. The van der Waals surface area contributed by atoms with Crippen LogP contribution in [0.4, 0.5) is 11.5 Å². The summed E-state index contributed by atoms with van der Waals surface area (Å²) in [6.45, 7) is 9.30. The van der Waals surface area contributed by atoms with Gasteiger partial charge in [-0.3, -0.25) is 14.4 Å². The van der Waals surface area contributed by atoms with Crippen LogP contribution in [0.3, 0.4) is 0 Å². The van der Waals surface area contributed by atoms with Crippen LogP contribution < -0.4 is 21.5 Å². The lowest BCUT2D eigenvalue weighted by Gasteiger charge is -2.18. The molecule has 1 fully saturated rings. The Balaban J connectivity index is 1.63. The second-order valence-corrected chi connectivity index (χ2v) is 11.1. The molecule has 0 aliphatic heterocycles. The van der Waals surface area contributed by atoms with Crippen molar-refractivity contribution in [3.05, 3.63) is 74.8 Å². The molecule has 40 heavy (non-hydrogen) atoms. The molecule has 1 aliphatic rings. The molecule has 0 spiro atoms. The Morgan fingerprint density at radius 3 is 2.42 bits per heavy atom. The van der Waals surface area contributed by atoms with Gasteiger partial charge in [0.2, 0.25) is 5.91 Å². The molecule has 0 radical (unpaired) electrons. The van der Waals surface area contributed by atoms with E-state index in [1.165, 1.54) is 0 Å². The highest BCUT2D eigenvalue weighted by Gasteiger charge is 2.48. The first-order chi connectivity index (χ1) is 19.0. The number of likely N-dealkylation sites (N-methyl/N-ethyl adjacent to an activating group) is 1. The molecule has 1 aliphatic carbocycles. The van der Waals surface area contributed by atoms with Gasteiger partial charge in [-0.15, -0.1) is 0 Å². The third kappa shape index (κ3) is 6.59. The Hall–Kier alpha value is -3.98. The number of anilines is 2. The van der Waals surface area contributed by atoms with Gasteiger partial charge in [0.05, 0.1) is 0 Å². The summed E-state index contributed by atoms with van der Waals surface area (Å²) < 4.78 is 0. The summed E-state index contributed by atoms with van der Waals surface area (Å²) in [5.74, 6) is 0.435. The predicted octanol–water partition coefficient (Wildman–Crippen LogP) is 4.39. The van der Waals surface area contributed by atoms with Gasteiger partial charge in [0.1, 0.15) is 5.82 Å². The lowest BCUT2D eigenvalue weighted by atomic mass is 9.96. The Labute approximate surface area is 235 Å². The number of carbonyl (C=O) groups excluding carboxylic acids is 2. The van der Waals surface area contributed by atoms with E-state index in [9.17, 15) is 14.4 Å². The molecule has 2 aromatic heterocycles. The van der Waals surface area contributed by atoms with Crippen LogP contribution in [0.1, 0.15) is 58.9 Å². The first-order valence-corrected chi connectivity index (χ1v) is 13.8. The quantitative estimate of drug-likeness (QED) is 0.284. The fourth-order valence-electron chi connectivity index (χ4n) is 4.84. The number of carbonyl (C=O) groups is 2. The average Bonchev–Trinajstić information content (AvgIpc) is 3.71. The number of aryl methyl sites for hydroxylation is 2. The minimum Gasteiger partial charge on any atom is -0.369 e. The van der Waals surface area contributed by atoms with Crippen LogP contribution in [0.25, 0.3) is 11.1 Å². The second-order valence-electron chi connectivity index (χ2n) is 11.1. The molecule has 4 rings (SSSR count). The monoisotopic (exact) mass is 544 g/mol. The molecule has 9 nitrogen and oxygen atoms in total. The topological polar surface area (TPSA) is 119 Å². The van der Waals surface area contributed by atoms with Crippen LogP contribution in [-0.2, 0) is 11.3 Å². The standard InChI is InChI=1S/C31H40N6O3/c1-7-31(10-11-31)30(40)36-26-16-23(22-8-9-27(33-17-22)32-12-13-37(5)6)15-24(21(26)4)28(38)34-18-25-19(2)14-20(3)35-29(25)39/h8-9,14-17H,7,10-13,18H2,1-6H3,(H,32,33)(H,34,38)(H,35,39)(H,36,40). The molecule has 0 bridgehead atoms. The van der Waals surface area contributed by atoms with Crippen molar-refractivity contribution in [3.63, 3.8) is 0 Å². The molecule has 2 amide bonds. The number of rotatable bonds is 11. The van der Waals surface area contributed by atoms with Crippen molar-refractivity contribution in [1.29, 1.82) is 0 Å². The van der Waals surface area contributed by atoms with Crippen LogP contribution >= 0.6 is 0 Å². The van der Waals surface area contributed by atoms with Crippen molar-refractivity contribution in [2.75, 3.05) is 37.8 Å². The second kappa shape index (κ2) is 12.0. The van der Waals surface area contributed by atoms with E-state index in [1.54, 1.807) is 6.20 Å². The van der Waals surface area contributed by atoms with E-state index in [4.69, 9.17) is 0 Å². The Bertz CT molecular complexity index is 1460. The number of aromatic nitrogens is 2. The van der Waals surface area contributed by atoms with Crippen LogP contribution in [-0.4, -0.2) is 53.9 Å². The SMILES string of the molecule is CCC1(C(=O)Nc2cc(-c3ccc(NCCN(C)C)nc3)cc(C(=O)NCc3c(C)cc(C)[nH]c3=O)c2C)CC1. The summed E-state index contributed by atoms with van der Waals surface area (Å²) in [6, 6.07) is 9.46. The molecule has 3 aromatic rings. The van der Waals surface area contributed by atoms with Gasteiger partial charge in [-0.05, 0) is 101 Å². The highest BCUT2D eigenvalue weighted by molar-refractivity contribution is 6.03. The molecule has 9 heteroatoms. The normalized spacial score (nSPS) is 13.7. The molecule has 1 aromatic carbocycles. The van der Waals surface area contributed by atoms with Gasteiger partial charge >= 0.3 is 0 Å². The third-order valence-electron chi connectivity index (χ3n) is 7.79. The van der Waals surface area contributed by atoms with Crippen LogP contribution in [0.2, 0.25) is 0 Å². The molecule has 2 heterocycles. The van der Waals surface area contributed by atoms with Crippen LogP contribution in [0.15, 0.2) is 41.3 Å². The minimum atomic E-state index is -0.323. The average molecular weight is 545 g/mol. The smallest absolute Gasteiger partial charge is 0.253 e. The molecule has 0 atom stereocenters. The number of aromatic amines is 1. The summed E-state index contributed by atoms with van der Waals surface area (Å²) in [4.78, 5) is 48.5.